The highest BCUT2D eigenvalue weighted by Gasteiger charge is 2.17. The third kappa shape index (κ3) is 3.54. The lowest BCUT2D eigenvalue weighted by Crippen LogP contribution is -2.20. The Kier molecular flexibility index (Phi) is 4.71. The summed E-state index contributed by atoms with van der Waals surface area (Å²) in [5.74, 6) is 0.486. The van der Waals surface area contributed by atoms with Gasteiger partial charge in [-0.2, -0.15) is 0 Å². The number of nitrogens with one attached hydrogen (secondary N) is 1. The molecule has 0 aliphatic rings. The largest absolute Gasteiger partial charge is 0.319 e. The van der Waals surface area contributed by atoms with E-state index < -0.39 is 9.84 Å². The van der Waals surface area contributed by atoms with Crippen molar-refractivity contribution >= 4 is 9.84 Å². The third-order valence-corrected chi connectivity index (χ3v) is 4.69. The summed E-state index contributed by atoms with van der Waals surface area (Å²) < 4.78 is 24.3. The molecule has 0 aliphatic carbocycles. The van der Waals surface area contributed by atoms with Crippen LogP contribution >= 0.6 is 0 Å². The van der Waals surface area contributed by atoms with Gasteiger partial charge in [0, 0.05) is 6.54 Å². The molecule has 0 bridgehead atoms. The summed E-state index contributed by atoms with van der Waals surface area (Å²) in [5.41, 5.74) is 1.89. The van der Waals surface area contributed by atoms with Gasteiger partial charge in [-0.05, 0) is 37.1 Å². The lowest BCUT2D eigenvalue weighted by atomic mass is 10.0. The van der Waals surface area contributed by atoms with E-state index in [1.807, 2.05) is 25.1 Å². The van der Waals surface area contributed by atoms with E-state index in [4.69, 9.17) is 0 Å². The number of hydrogen-bond acceptors (Lipinski definition) is 3. The Morgan fingerprint density at radius 2 is 1.94 bits per heavy atom. The smallest absolute Gasteiger partial charge is 0.179 e. The van der Waals surface area contributed by atoms with Crippen LogP contribution in [0.1, 0.15) is 30.9 Å². The number of benzene rings is 1. The van der Waals surface area contributed by atoms with E-state index >= 15 is 0 Å². The van der Waals surface area contributed by atoms with E-state index in [2.05, 4.69) is 19.2 Å². The van der Waals surface area contributed by atoms with Crippen LogP contribution in [0, 0.1) is 6.92 Å². The molecule has 0 aliphatic heterocycles. The first-order valence-electron chi connectivity index (χ1n) is 5.86. The average molecular weight is 255 g/mol. The molecule has 1 aromatic carbocycles. The molecule has 1 rings (SSSR count). The Labute approximate surface area is 104 Å². The normalized spacial score (nSPS) is 12.1. The topological polar surface area (TPSA) is 46.2 Å². The van der Waals surface area contributed by atoms with Crippen LogP contribution in [0.25, 0.3) is 0 Å². The second-order valence-electron chi connectivity index (χ2n) is 4.60. The highest BCUT2D eigenvalue weighted by atomic mass is 32.2. The highest BCUT2D eigenvalue weighted by Crippen LogP contribution is 2.22. The van der Waals surface area contributed by atoms with E-state index in [-0.39, 0.29) is 5.75 Å². The number of sulfone groups is 1. The third-order valence-electron chi connectivity index (χ3n) is 2.83. The van der Waals surface area contributed by atoms with Crippen molar-refractivity contribution in [3.8, 4) is 0 Å². The van der Waals surface area contributed by atoms with Crippen molar-refractivity contribution in [1.29, 1.82) is 0 Å². The predicted molar refractivity (Wildman–Crippen MR) is 71.2 cm³/mol. The maximum atomic E-state index is 12.1. The van der Waals surface area contributed by atoms with Gasteiger partial charge in [0.05, 0.1) is 10.6 Å². The van der Waals surface area contributed by atoms with Crippen molar-refractivity contribution < 1.29 is 8.42 Å². The van der Waals surface area contributed by atoms with Gasteiger partial charge in [0.1, 0.15) is 0 Å². The van der Waals surface area contributed by atoms with Gasteiger partial charge >= 0.3 is 0 Å². The van der Waals surface area contributed by atoms with Crippen LogP contribution in [-0.2, 0) is 9.84 Å². The van der Waals surface area contributed by atoms with Crippen molar-refractivity contribution in [2.24, 2.45) is 0 Å². The lowest BCUT2D eigenvalue weighted by Gasteiger charge is -2.11. The van der Waals surface area contributed by atoms with Crippen LogP contribution in [-0.4, -0.2) is 27.8 Å². The fourth-order valence-corrected chi connectivity index (χ4v) is 3.22. The SMILES string of the molecule is CNCCS(=O)(=O)c1cc(C(C)C)ccc1C. The minimum absolute atomic E-state index is 0.145. The molecule has 0 fully saturated rings. The first-order chi connectivity index (χ1) is 7.88. The molecule has 17 heavy (non-hydrogen) atoms. The fraction of sp³-hybridized carbons (Fsp3) is 0.538. The molecular formula is C13H21NO2S. The zero-order valence-electron chi connectivity index (χ0n) is 10.9. The Hall–Kier alpha value is -0.870. The van der Waals surface area contributed by atoms with Gasteiger partial charge in [-0.1, -0.05) is 26.0 Å². The molecule has 0 aromatic heterocycles. The average Bonchev–Trinajstić information content (AvgIpc) is 2.26. The van der Waals surface area contributed by atoms with Crippen molar-refractivity contribution in [2.75, 3.05) is 19.3 Å². The summed E-state index contributed by atoms with van der Waals surface area (Å²) >= 11 is 0. The summed E-state index contributed by atoms with van der Waals surface area (Å²) in [6, 6.07) is 5.70. The molecule has 1 aromatic rings. The van der Waals surface area contributed by atoms with Gasteiger partial charge in [-0.3, -0.25) is 0 Å². The maximum Gasteiger partial charge on any atom is 0.179 e. The van der Waals surface area contributed by atoms with Crippen molar-refractivity contribution in [1.82, 2.24) is 5.32 Å². The summed E-state index contributed by atoms with van der Waals surface area (Å²) in [7, 11) is -1.41. The van der Waals surface area contributed by atoms with Crippen molar-refractivity contribution in [2.45, 2.75) is 31.6 Å². The van der Waals surface area contributed by atoms with E-state index in [9.17, 15) is 8.42 Å². The standard InChI is InChI=1S/C13H21NO2S/c1-10(2)12-6-5-11(3)13(9-12)17(15,16)8-7-14-4/h5-6,9-10,14H,7-8H2,1-4H3. The van der Waals surface area contributed by atoms with Gasteiger partial charge in [0.25, 0.3) is 0 Å². The van der Waals surface area contributed by atoms with Crippen LogP contribution in [0.5, 0.6) is 0 Å². The monoisotopic (exact) mass is 255 g/mol. The maximum absolute atomic E-state index is 12.1. The van der Waals surface area contributed by atoms with E-state index in [0.717, 1.165) is 11.1 Å². The second kappa shape index (κ2) is 5.65. The number of rotatable bonds is 5. The molecule has 0 radical (unpaired) electrons. The Morgan fingerprint density at radius 3 is 2.47 bits per heavy atom. The van der Waals surface area contributed by atoms with Gasteiger partial charge in [-0.25, -0.2) is 8.42 Å². The van der Waals surface area contributed by atoms with Crippen molar-refractivity contribution in [3.63, 3.8) is 0 Å². The Bertz CT molecular complexity index is 478. The minimum atomic E-state index is -3.17. The lowest BCUT2D eigenvalue weighted by molar-refractivity contribution is 0.592. The molecule has 0 heterocycles. The van der Waals surface area contributed by atoms with Gasteiger partial charge in [0.15, 0.2) is 9.84 Å². The van der Waals surface area contributed by atoms with Gasteiger partial charge in [0.2, 0.25) is 0 Å². The van der Waals surface area contributed by atoms with Crippen LogP contribution in [0.4, 0.5) is 0 Å². The molecule has 0 amide bonds. The van der Waals surface area contributed by atoms with E-state index in [1.165, 1.54) is 0 Å². The fourth-order valence-electron chi connectivity index (χ4n) is 1.66. The zero-order valence-corrected chi connectivity index (χ0v) is 11.8. The first-order valence-corrected chi connectivity index (χ1v) is 7.51. The molecule has 96 valence electrons. The van der Waals surface area contributed by atoms with Crippen LogP contribution in [0.15, 0.2) is 23.1 Å². The van der Waals surface area contributed by atoms with Gasteiger partial charge < -0.3 is 5.32 Å². The Balaban J connectivity index is 3.16. The van der Waals surface area contributed by atoms with Crippen LogP contribution in [0.2, 0.25) is 0 Å². The quantitative estimate of drug-likeness (QED) is 0.876. The molecule has 1 N–H and O–H groups in total. The molecule has 3 nitrogen and oxygen atoms in total. The number of aryl methyl sites for hydroxylation is 1. The number of hydrogen-bond donors (Lipinski definition) is 1. The van der Waals surface area contributed by atoms with E-state index in [1.54, 1.807) is 7.05 Å². The summed E-state index contributed by atoms with van der Waals surface area (Å²) in [6.45, 7) is 6.45. The van der Waals surface area contributed by atoms with Crippen LogP contribution < -0.4 is 5.32 Å². The summed E-state index contributed by atoms with van der Waals surface area (Å²) in [4.78, 5) is 0.471. The first kappa shape index (κ1) is 14.2. The predicted octanol–water partition coefficient (Wildman–Crippen LogP) is 2.11. The highest BCUT2D eigenvalue weighted by molar-refractivity contribution is 7.91. The molecule has 0 spiro atoms. The minimum Gasteiger partial charge on any atom is -0.319 e. The molecule has 0 saturated heterocycles. The Morgan fingerprint density at radius 1 is 1.29 bits per heavy atom. The van der Waals surface area contributed by atoms with Gasteiger partial charge in [-0.15, -0.1) is 0 Å². The molecular weight excluding hydrogens is 234 g/mol. The summed E-state index contributed by atoms with van der Waals surface area (Å²) in [5, 5.41) is 2.87. The molecule has 0 saturated carbocycles. The molecule has 4 heteroatoms. The zero-order chi connectivity index (χ0) is 13.1. The second-order valence-corrected chi connectivity index (χ2v) is 6.68. The molecule has 0 atom stereocenters. The van der Waals surface area contributed by atoms with Crippen molar-refractivity contribution in [3.05, 3.63) is 29.3 Å². The van der Waals surface area contributed by atoms with E-state index in [0.29, 0.717) is 17.4 Å². The summed E-state index contributed by atoms with van der Waals surface area (Å²) in [6.07, 6.45) is 0. The molecule has 0 unspecified atom stereocenters. The van der Waals surface area contributed by atoms with Crippen LogP contribution in [0.3, 0.4) is 0 Å².